The van der Waals surface area contributed by atoms with Gasteiger partial charge in [0, 0.05) is 0 Å². The van der Waals surface area contributed by atoms with E-state index < -0.39 is 0 Å². The zero-order valence-electron chi connectivity index (χ0n) is 9.57. The molecule has 1 heteroatoms. The molecule has 0 bridgehead atoms. The van der Waals surface area contributed by atoms with Crippen molar-refractivity contribution in [2.75, 3.05) is 0 Å². The van der Waals surface area contributed by atoms with E-state index in [0.717, 1.165) is 5.92 Å². The van der Waals surface area contributed by atoms with Crippen LogP contribution in [0, 0.1) is 17.3 Å². The van der Waals surface area contributed by atoms with Crippen molar-refractivity contribution in [3.05, 3.63) is 5.92 Å². The van der Waals surface area contributed by atoms with Gasteiger partial charge in [0.05, 0.1) is 0 Å². The first-order chi connectivity index (χ1) is 4.90. The SMILES string of the molecule is CCC(C)(C)C(C)C[C-](C)C.[Y+3]. The molecular formula is C11H23Y+2. The van der Waals surface area contributed by atoms with Gasteiger partial charge < -0.3 is 5.92 Å². The van der Waals surface area contributed by atoms with Crippen LogP contribution >= 0.6 is 0 Å². The predicted molar refractivity (Wildman–Crippen MR) is 52.4 cm³/mol. The van der Waals surface area contributed by atoms with Gasteiger partial charge in [0.25, 0.3) is 0 Å². The van der Waals surface area contributed by atoms with Crippen molar-refractivity contribution in [1.29, 1.82) is 0 Å². The van der Waals surface area contributed by atoms with E-state index in [9.17, 15) is 0 Å². The fourth-order valence-corrected chi connectivity index (χ4v) is 1.24. The molecule has 0 aliphatic heterocycles. The molecule has 0 amide bonds. The Labute approximate surface area is 104 Å². The van der Waals surface area contributed by atoms with E-state index in [1.165, 1.54) is 12.8 Å². The van der Waals surface area contributed by atoms with Gasteiger partial charge in [0.15, 0.2) is 0 Å². The van der Waals surface area contributed by atoms with E-state index in [1.54, 1.807) is 5.92 Å². The van der Waals surface area contributed by atoms with Crippen molar-refractivity contribution in [3.63, 3.8) is 0 Å². The van der Waals surface area contributed by atoms with Crippen molar-refractivity contribution in [3.8, 4) is 0 Å². The number of rotatable bonds is 4. The molecule has 0 nitrogen and oxygen atoms in total. The topological polar surface area (TPSA) is 0 Å². The third-order valence-corrected chi connectivity index (χ3v) is 2.96. The van der Waals surface area contributed by atoms with Crippen LogP contribution in [0.1, 0.15) is 54.4 Å². The Hall–Kier alpha value is 1.10. The average molecular weight is 244 g/mol. The molecule has 0 aromatic heterocycles. The van der Waals surface area contributed by atoms with Gasteiger partial charge in [0.2, 0.25) is 0 Å². The summed E-state index contributed by atoms with van der Waals surface area (Å²) in [5, 5.41) is 0. The molecule has 0 spiro atoms. The van der Waals surface area contributed by atoms with Gasteiger partial charge >= 0.3 is 32.7 Å². The van der Waals surface area contributed by atoms with Gasteiger partial charge in [0.1, 0.15) is 0 Å². The second-order valence-electron chi connectivity index (χ2n) is 4.65. The van der Waals surface area contributed by atoms with Crippen molar-refractivity contribution in [2.24, 2.45) is 11.3 Å². The quantitative estimate of drug-likeness (QED) is 0.654. The molecule has 0 saturated heterocycles. The minimum absolute atomic E-state index is 0. The largest absolute Gasteiger partial charge is 3.00 e. The van der Waals surface area contributed by atoms with Crippen LogP contribution in [0.15, 0.2) is 0 Å². The second-order valence-corrected chi connectivity index (χ2v) is 4.65. The molecule has 0 rings (SSSR count). The Bertz CT molecular complexity index is 106. The Balaban J connectivity index is 0. The molecule has 0 saturated carbocycles. The van der Waals surface area contributed by atoms with E-state index in [0.29, 0.717) is 5.41 Å². The molecule has 1 atom stereocenters. The van der Waals surface area contributed by atoms with Gasteiger partial charge in [-0.2, -0.15) is 20.3 Å². The van der Waals surface area contributed by atoms with E-state index in [2.05, 4.69) is 41.5 Å². The van der Waals surface area contributed by atoms with E-state index in [1.807, 2.05) is 0 Å². The zero-order chi connectivity index (χ0) is 9.07. The molecule has 68 valence electrons. The van der Waals surface area contributed by atoms with Crippen molar-refractivity contribution < 1.29 is 32.7 Å². The molecular weight excluding hydrogens is 221 g/mol. The van der Waals surface area contributed by atoms with Crippen LogP contribution in [0.2, 0.25) is 0 Å². The first kappa shape index (κ1) is 15.6. The number of hydrogen-bond acceptors (Lipinski definition) is 0. The van der Waals surface area contributed by atoms with Gasteiger partial charge in [-0.3, -0.25) is 0 Å². The smallest absolute Gasteiger partial charge is 0.319 e. The summed E-state index contributed by atoms with van der Waals surface area (Å²) in [5.41, 5.74) is 0.511. The molecule has 0 heterocycles. The summed E-state index contributed by atoms with van der Waals surface area (Å²) >= 11 is 0. The zero-order valence-corrected chi connectivity index (χ0v) is 12.4. The van der Waals surface area contributed by atoms with Crippen LogP contribution in [0.3, 0.4) is 0 Å². The van der Waals surface area contributed by atoms with E-state index >= 15 is 0 Å². The second kappa shape index (κ2) is 6.54. The van der Waals surface area contributed by atoms with E-state index in [4.69, 9.17) is 0 Å². The molecule has 1 unspecified atom stereocenters. The minimum atomic E-state index is 0. The fourth-order valence-electron chi connectivity index (χ4n) is 1.24. The molecule has 0 aromatic carbocycles. The van der Waals surface area contributed by atoms with Crippen molar-refractivity contribution >= 4 is 0 Å². The van der Waals surface area contributed by atoms with Crippen LogP contribution in [0.5, 0.6) is 0 Å². The first-order valence-electron chi connectivity index (χ1n) is 4.69. The van der Waals surface area contributed by atoms with Crippen molar-refractivity contribution in [2.45, 2.75) is 54.4 Å². The molecule has 0 radical (unpaired) electrons. The summed E-state index contributed by atoms with van der Waals surface area (Å²) < 4.78 is 0. The van der Waals surface area contributed by atoms with Crippen LogP contribution in [-0.4, -0.2) is 0 Å². The summed E-state index contributed by atoms with van der Waals surface area (Å²) in [4.78, 5) is 0. The monoisotopic (exact) mass is 244 g/mol. The van der Waals surface area contributed by atoms with Gasteiger partial charge in [-0.15, -0.1) is 0 Å². The Morgan fingerprint density at radius 3 is 1.92 bits per heavy atom. The van der Waals surface area contributed by atoms with Crippen LogP contribution < -0.4 is 0 Å². The third-order valence-electron chi connectivity index (χ3n) is 2.96. The number of hydrogen-bond donors (Lipinski definition) is 0. The van der Waals surface area contributed by atoms with Gasteiger partial charge in [-0.25, -0.2) is 0 Å². The van der Waals surface area contributed by atoms with Crippen LogP contribution in [0.4, 0.5) is 0 Å². The summed E-state index contributed by atoms with van der Waals surface area (Å²) in [7, 11) is 0. The molecule has 0 aliphatic rings. The molecule has 0 aromatic rings. The maximum absolute atomic E-state index is 2.36. The summed E-state index contributed by atoms with van der Waals surface area (Å²) in [5.74, 6) is 2.37. The predicted octanol–water partition coefficient (Wildman–Crippen LogP) is 4.06. The summed E-state index contributed by atoms with van der Waals surface area (Å²) in [6.45, 7) is 13.8. The molecule has 0 aliphatic carbocycles. The van der Waals surface area contributed by atoms with Gasteiger partial charge in [-0.05, 0) is 5.41 Å². The van der Waals surface area contributed by atoms with Crippen LogP contribution in [-0.2, 0) is 32.7 Å². The Kier molecular flexibility index (Phi) is 8.49. The Morgan fingerprint density at radius 2 is 1.67 bits per heavy atom. The first-order valence-corrected chi connectivity index (χ1v) is 4.69. The van der Waals surface area contributed by atoms with Crippen LogP contribution in [0.25, 0.3) is 0 Å². The molecule has 0 N–H and O–H groups in total. The summed E-state index contributed by atoms with van der Waals surface area (Å²) in [6.07, 6.45) is 2.56. The fraction of sp³-hybridized carbons (Fsp3) is 0.909. The minimum Gasteiger partial charge on any atom is -0.319 e. The molecule has 12 heavy (non-hydrogen) atoms. The average Bonchev–Trinajstić information content (AvgIpc) is 1.86. The standard InChI is InChI=1S/C11H23.Y/c1-7-11(5,6)10(4)8-9(2)3;/h10H,7-8H2,1-6H3;/q-1;+3. The molecule has 0 fully saturated rings. The van der Waals surface area contributed by atoms with Gasteiger partial charge in [-0.1, -0.05) is 40.0 Å². The van der Waals surface area contributed by atoms with Crippen molar-refractivity contribution in [1.82, 2.24) is 0 Å². The summed E-state index contributed by atoms with van der Waals surface area (Å²) in [6, 6.07) is 0. The maximum Gasteiger partial charge on any atom is 3.00 e. The third kappa shape index (κ3) is 5.70. The maximum atomic E-state index is 2.36. The van der Waals surface area contributed by atoms with E-state index in [-0.39, 0.29) is 32.7 Å². The Morgan fingerprint density at radius 1 is 1.25 bits per heavy atom. The normalized spacial score (nSPS) is 14.2.